The molecule has 0 atom stereocenters. The first-order valence-electron chi connectivity index (χ1n) is 12.2. The maximum absolute atomic E-state index is 11.2. The zero-order valence-electron chi connectivity index (χ0n) is 20.8. The summed E-state index contributed by atoms with van der Waals surface area (Å²) in [4.78, 5) is 16.6. The molecule has 0 saturated heterocycles. The summed E-state index contributed by atoms with van der Waals surface area (Å²) in [6, 6.07) is 17.5. The highest BCUT2D eigenvalue weighted by Crippen LogP contribution is 2.46. The van der Waals surface area contributed by atoms with E-state index in [2.05, 4.69) is 26.2 Å². The number of halogens is 3. The molecule has 200 valence electrons. The molecule has 7 nitrogen and oxygen atoms in total. The van der Waals surface area contributed by atoms with Gasteiger partial charge in [-0.1, -0.05) is 51.7 Å². The minimum Gasteiger partial charge on any atom is -0.489 e. The van der Waals surface area contributed by atoms with E-state index in [9.17, 15) is 4.79 Å². The topological polar surface area (TPSA) is 94.2 Å². The van der Waals surface area contributed by atoms with Gasteiger partial charge in [-0.3, -0.25) is 0 Å². The van der Waals surface area contributed by atoms with Gasteiger partial charge in [-0.15, -0.1) is 0 Å². The lowest BCUT2D eigenvalue weighted by molar-refractivity contribution is 0.0696. The molecule has 1 heterocycles. The molecule has 1 aromatic heterocycles. The molecule has 39 heavy (non-hydrogen) atoms. The molecule has 1 saturated carbocycles. The van der Waals surface area contributed by atoms with E-state index in [0.717, 1.165) is 34.2 Å². The second-order valence-corrected chi connectivity index (χ2v) is 10.8. The van der Waals surface area contributed by atoms with Crippen LogP contribution in [0.3, 0.4) is 0 Å². The highest BCUT2D eigenvalue weighted by atomic mass is 79.9. The van der Waals surface area contributed by atoms with Crippen molar-refractivity contribution >= 4 is 50.8 Å². The lowest BCUT2D eigenvalue weighted by Gasteiger charge is -2.11. The molecule has 1 N–H and O–H groups in total. The number of aromatic carboxylic acids is 1. The van der Waals surface area contributed by atoms with E-state index in [1.165, 1.54) is 6.07 Å². The predicted molar refractivity (Wildman–Crippen MR) is 153 cm³/mol. The van der Waals surface area contributed by atoms with Crippen LogP contribution in [-0.2, 0) is 18.1 Å². The van der Waals surface area contributed by atoms with Crippen LogP contribution < -0.4 is 4.74 Å². The number of rotatable bonds is 10. The molecule has 1 aliphatic carbocycles. The van der Waals surface area contributed by atoms with Crippen LogP contribution in [0.25, 0.3) is 11.3 Å². The molecule has 0 unspecified atom stereocenters. The standard InChI is InChI=1S/C29H23BrCl2N2O5/c1-16(33-38-14-17-4-2-5-19(12-17)29(35)36)21-11-10-20(13-23(21)30)37-15-22-27(34-39-28(22)18-8-9-18)26-24(31)6-3-7-25(26)32/h2-7,10-13,18H,8-9,14-15H2,1H3,(H,35,36)/b33-16+. The van der Waals surface area contributed by atoms with Gasteiger partial charge < -0.3 is 19.2 Å². The van der Waals surface area contributed by atoms with E-state index >= 15 is 0 Å². The van der Waals surface area contributed by atoms with Gasteiger partial charge in [-0.05, 0) is 83.7 Å². The average molecular weight is 630 g/mol. The summed E-state index contributed by atoms with van der Waals surface area (Å²) in [7, 11) is 0. The van der Waals surface area contributed by atoms with Gasteiger partial charge in [0.2, 0.25) is 0 Å². The van der Waals surface area contributed by atoms with Crippen LogP contribution in [0.1, 0.15) is 58.5 Å². The molecule has 10 heteroatoms. The molecule has 0 amide bonds. The minimum absolute atomic E-state index is 0.150. The van der Waals surface area contributed by atoms with E-state index < -0.39 is 5.97 Å². The number of nitrogens with zero attached hydrogens (tertiary/aromatic N) is 2. The third-order valence-electron chi connectivity index (χ3n) is 6.29. The van der Waals surface area contributed by atoms with E-state index in [4.69, 9.17) is 42.4 Å². The van der Waals surface area contributed by atoms with Crippen molar-refractivity contribution in [2.45, 2.75) is 38.9 Å². The third kappa shape index (κ3) is 6.30. The Morgan fingerprint density at radius 2 is 1.85 bits per heavy atom. The summed E-state index contributed by atoms with van der Waals surface area (Å²) in [5.41, 5.74) is 4.46. The van der Waals surface area contributed by atoms with E-state index in [-0.39, 0.29) is 18.8 Å². The van der Waals surface area contributed by atoms with Crippen LogP contribution in [0.2, 0.25) is 10.0 Å². The first-order valence-corrected chi connectivity index (χ1v) is 13.7. The van der Waals surface area contributed by atoms with Crippen molar-refractivity contribution in [3.63, 3.8) is 0 Å². The monoisotopic (exact) mass is 628 g/mol. The Kier molecular flexibility index (Phi) is 8.26. The molecular formula is C29H23BrCl2N2O5. The summed E-state index contributed by atoms with van der Waals surface area (Å²) < 4.78 is 12.7. The number of hydrogen-bond donors (Lipinski definition) is 1. The quantitative estimate of drug-likeness (QED) is 0.140. The van der Waals surface area contributed by atoms with Crippen LogP contribution in [0.15, 0.2) is 74.8 Å². The highest BCUT2D eigenvalue weighted by Gasteiger charge is 2.33. The van der Waals surface area contributed by atoms with Crippen molar-refractivity contribution in [3.8, 4) is 17.0 Å². The molecule has 0 aliphatic heterocycles. The second kappa shape index (κ2) is 11.8. The number of carboxylic acid groups (broad SMARTS) is 1. The van der Waals surface area contributed by atoms with Crippen molar-refractivity contribution in [1.82, 2.24) is 5.16 Å². The van der Waals surface area contributed by atoms with Crippen molar-refractivity contribution in [2.24, 2.45) is 5.16 Å². The van der Waals surface area contributed by atoms with Gasteiger partial charge in [-0.2, -0.15) is 0 Å². The number of benzene rings is 3. The molecule has 0 radical (unpaired) electrons. The Labute approximate surface area is 243 Å². The Morgan fingerprint density at radius 1 is 1.10 bits per heavy atom. The number of oxime groups is 1. The van der Waals surface area contributed by atoms with Crippen LogP contribution >= 0.6 is 39.1 Å². The van der Waals surface area contributed by atoms with Crippen molar-refractivity contribution in [3.05, 3.63) is 103 Å². The lowest BCUT2D eigenvalue weighted by atomic mass is 10.0. The van der Waals surface area contributed by atoms with E-state index in [0.29, 0.717) is 44.2 Å². The smallest absolute Gasteiger partial charge is 0.335 e. The van der Waals surface area contributed by atoms with Crippen molar-refractivity contribution in [2.75, 3.05) is 0 Å². The molecule has 5 rings (SSSR count). The van der Waals surface area contributed by atoms with Gasteiger partial charge in [0.25, 0.3) is 0 Å². The summed E-state index contributed by atoms with van der Waals surface area (Å²) in [6.45, 7) is 2.22. The first kappa shape index (κ1) is 27.2. The number of ether oxygens (including phenoxy) is 1. The van der Waals surface area contributed by atoms with Gasteiger partial charge >= 0.3 is 5.97 Å². The Balaban J connectivity index is 1.29. The summed E-state index contributed by atoms with van der Waals surface area (Å²) in [6.07, 6.45) is 2.09. The fraction of sp³-hybridized carbons (Fsp3) is 0.207. The SMILES string of the molecule is C/C(=N\OCc1cccc(C(=O)O)c1)c1ccc(OCc2c(-c3c(Cl)cccc3Cl)noc2C2CC2)cc1Br. The van der Waals surface area contributed by atoms with Crippen LogP contribution in [0, 0.1) is 0 Å². The van der Waals surface area contributed by atoms with Crippen molar-refractivity contribution < 1.29 is 24.0 Å². The summed E-state index contributed by atoms with van der Waals surface area (Å²) >= 11 is 16.5. The molecule has 4 aromatic rings. The minimum atomic E-state index is -0.987. The molecule has 0 bridgehead atoms. The van der Waals surface area contributed by atoms with Gasteiger partial charge in [0.05, 0.1) is 26.9 Å². The van der Waals surface area contributed by atoms with Crippen LogP contribution in [-0.4, -0.2) is 21.9 Å². The van der Waals surface area contributed by atoms with Crippen molar-refractivity contribution in [1.29, 1.82) is 0 Å². The first-order chi connectivity index (χ1) is 18.8. The molecule has 1 aliphatic rings. The fourth-order valence-corrected chi connectivity index (χ4v) is 5.35. The van der Waals surface area contributed by atoms with Gasteiger partial charge in [0.1, 0.15) is 30.4 Å². The fourth-order valence-electron chi connectivity index (χ4n) is 4.13. The number of carbonyl (C=O) groups is 1. The summed E-state index contributed by atoms with van der Waals surface area (Å²) in [5.74, 6) is 0.791. The normalized spacial score (nSPS) is 13.4. The molecular weight excluding hydrogens is 607 g/mol. The largest absolute Gasteiger partial charge is 0.489 e. The maximum Gasteiger partial charge on any atom is 0.335 e. The van der Waals surface area contributed by atoms with Crippen LogP contribution in [0.4, 0.5) is 0 Å². The van der Waals surface area contributed by atoms with Gasteiger partial charge in [0.15, 0.2) is 0 Å². The van der Waals surface area contributed by atoms with Gasteiger partial charge in [-0.25, -0.2) is 4.79 Å². The number of carboxylic acids is 1. The zero-order valence-corrected chi connectivity index (χ0v) is 23.9. The second-order valence-electron chi connectivity index (χ2n) is 9.13. The highest BCUT2D eigenvalue weighted by molar-refractivity contribution is 9.10. The Morgan fingerprint density at radius 3 is 2.54 bits per heavy atom. The summed E-state index contributed by atoms with van der Waals surface area (Å²) in [5, 5.41) is 18.6. The predicted octanol–water partition coefficient (Wildman–Crippen LogP) is 8.51. The number of aromatic nitrogens is 1. The third-order valence-corrected chi connectivity index (χ3v) is 7.57. The van der Waals surface area contributed by atoms with Gasteiger partial charge in [0, 0.05) is 21.5 Å². The molecule has 1 fully saturated rings. The Bertz CT molecular complexity index is 1550. The maximum atomic E-state index is 11.2. The van der Waals surface area contributed by atoms with E-state index in [1.807, 2.05) is 25.1 Å². The zero-order chi connectivity index (χ0) is 27.5. The number of hydrogen-bond acceptors (Lipinski definition) is 6. The molecule has 3 aromatic carbocycles. The Hall–Kier alpha value is -3.33. The average Bonchev–Trinajstić information content (AvgIpc) is 3.67. The van der Waals surface area contributed by atoms with Crippen LogP contribution in [0.5, 0.6) is 5.75 Å². The molecule has 0 spiro atoms. The lowest BCUT2D eigenvalue weighted by Crippen LogP contribution is -2.02. The van der Waals surface area contributed by atoms with E-state index in [1.54, 1.807) is 36.4 Å².